The number of hydrogen-bond acceptors (Lipinski definition) is 5. The Labute approximate surface area is 398 Å². The average Bonchev–Trinajstić information content (AvgIpc) is 3.36. The van der Waals surface area contributed by atoms with Crippen LogP contribution in [0, 0.1) is 0 Å². The van der Waals surface area contributed by atoms with Crippen molar-refractivity contribution in [1.29, 1.82) is 0 Å². The Morgan fingerprint density at radius 2 is 0.725 bits per heavy atom. The van der Waals surface area contributed by atoms with E-state index in [2.05, 4.69) is 100 Å². The third-order valence-electron chi connectivity index (χ3n) is 14.3. The van der Waals surface area contributed by atoms with Crippen molar-refractivity contribution in [3.8, 4) is 73.3 Å². The van der Waals surface area contributed by atoms with Gasteiger partial charge in [0.25, 0.3) is 0 Å². The molecule has 332 valence electrons. The molecule has 0 bridgehead atoms. The smallest absolute Gasteiger partial charge is 0.170 e. The molecule has 5 N–H and O–H groups in total. The van der Waals surface area contributed by atoms with Crippen molar-refractivity contribution >= 4 is 81.5 Å². The predicted molar refractivity (Wildman–Crippen MR) is 288 cm³/mol. The maximum Gasteiger partial charge on any atom is 0.170 e. The monoisotopic (exact) mass is 894 g/mol. The average molecular weight is 895 g/mol. The molecule has 0 amide bonds. The maximum absolute atomic E-state index is 12.9. The van der Waals surface area contributed by atoms with Crippen LogP contribution in [0.25, 0.3) is 126 Å². The van der Waals surface area contributed by atoms with Gasteiger partial charge in [-0.25, -0.2) is 0 Å². The van der Waals surface area contributed by atoms with E-state index < -0.39 is 23.0 Å². The molecule has 12 aromatic rings. The third-order valence-corrected chi connectivity index (χ3v) is 14.3. The van der Waals surface area contributed by atoms with Crippen molar-refractivity contribution < 1.29 is 25.5 Å². The van der Waals surface area contributed by atoms with E-state index in [1.165, 1.54) is 6.08 Å². The number of hydrogen-bond donors (Lipinski definition) is 5. The van der Waals surface area contributed by atoms with Gasteiger partial charge < -0.3 is 25.5 Å². The number of fused-ring (bicyclic) bond motifs is 7. The van der Waals surface area contributed by atoms with Crippen LogP contribution < -0.4 is 0 Å². The van der Waals surface area contributed by atoms with Gasteiger partial charge in [-0.1, -0.05) is 191 Å². The van der Waals surface area contributed by atoms with E-state index in [1.807, 2.05) is 103 Å². The third kappa shape index (κ3) is 6.17. The Morgan fingerprint density at radius 3 is 1.19 bits per heavy atom. The molecule has 0 heterocycles. The molecule has 0 radical (unpaired) electrons. The highest BCUT2D eigenvalue weighted by Crippen LogP contribution is 2.61. The highest BCUT2D eigenvalue weighted by Gasteiger charge is 2.33. The lowest BCUT2D eigenvalue weighted by molar-refractivity contribution is 0.401. The molecular weight excluding hydrogens is 849 g/mol. The highest BCUT2D eigenvalue weighted by atomic mass is 16.3. The SMILES string of the molecule is C=Cc1c(O)c(-c2c3ccccc3c(-c3ccc4ccccc4c3)c3ccccc23)c(O)c2c(O)c(O)c(-c3c4ccccc4c(-c4ccc5ccccc5c4)c4cc(C(C)(C)C)ccc34)c(O)c12. The molecule has 5 nitrogen and oxygen atoms in total. The zero-order valence-corrected chi connectivity index (χ0v) is 38.3. The van der Waals surface area contributed by atoms with E-state index in [-0.39, 0.29) is 38.6 Å². The topological polar surface area (TPSA) is 101 Å². The van der Waals surface area contributed by atoms with Crippen molar-refractivity contribution in [2.24, 2.45) is 0 Å². The van der Waals surface area contributed by atoms with Crippen molar-refractivity contribution in [1.82, 2.24) is 0 Å². The summed E-state index contributed by atoms with van der Waals surface area (Å²) in [5.41, 5.74) is 5.93. The van der Waals surface area contributed by atoms with Gasteiger partial charge in [0, 0.05) is 22.1 Å². The summed E-state index contributed by atoms with van der Waals surface area (Å²) in [7, 11) is 0. The molecule has 0 fully saturated rings. The number of phenols is 5. The number of rotatable bonds is 5. The molecule has 0 unspecified atom stereocenters. The first-order valence-corrected chi connectivity index (χ1v) is 23.2. The normalized spacial score (nSPS) is 12.0. The minimum Gasteiger partial charge on any atom is -0.507 e. The molecule has 0 atom stereocenters. The van der Waals surface area contributed by atoms with Crippen molar-refractivity contribution in [3.05, 3.63) is 194 Å². The van der Waals surface area contributed by atoms with Crippen LogP contribution in [-0.4, -0.2) is 25.5 Å². The molecule has 12 aromatic carbocycles. The van der Waals surface area contributed by atoms with Gasteiger partial charge in [-0.05, 0) is 116 Å². The predicted octanol–water partition coefficient (Wildman–Crippen LogP) is 16.9. The molecule has 0 spiro atoms. The zero-order chi connectivity index (χ0) is 47.5. The molecule has 0 saturated carbocycles. The van der Waals surface area contributed by atoms with Crippen LogP contribution in [0.2, 0.25) is 0 Å². The Bertz CT molecular complexity index is 4140. The summed E-state index contributed by atoms with van der Waals surface area (Å²) >= 11 is 0. The summed E-state index contributed by atoms with van der Waals surface area (Å²) in [6, 6.07) is 59.3. The zero-order valence-electron chi connectivity index (χ0n) is 38.3. The molecule has 0 aromatic heterocycles. The summed E-state index contributed by atoms with van der Waals surface area (Å²) in [4.78, 5) is 0. The van der Waals surface area contributed by atoms with Gasteiger partial charge in [0.2, 0.25) is 0 Å². The largest absolute Gasteiger partial charge is 0.507 e. The van der Waals surface area contributed by atoms with Gasteiger partial charge in [0.1, 0.15) is 17.2 Å². The van der Waals surface area contributed by atoms with E-state index in [0.29, 0.717) is 11.1 Å². The van der Waals surface area contributed by atoms with Gasteiger partial charge in [0.05, 0.1) is 16.5 Å². The minimum absolute atomic E-state index is 0.0297. The second-order valence-electron chi connectivity index (χ2n) is 19.1. The second-order valence-corrected chi connectivity index (χ2v) is 19.1. The molecule has 0 aliphatic rings. The molecular formula is C64H46O5. The first-order valence-electron chi connectivity index (χ1n) is 23.2. The van der Waals surface area contributed by atoms with Gasteiger partial charge >= 0.3 is 0 Å². The maximum atomic E-state index is 12.9. The Hall–Kier alpha value is -8.80. The van der Waals surface area contributed by atoms with Gasteiger partial charge in [-0.15, -0.1) is 0 Å². The Morgan fingerprint density at radius 1 is 0.333 bits per heavy atom. The van der Waals surface area contributed by atoms with Crippen LogP contribution in [0.5, 0.6) is 28.7 Å². The molecule has 0 aliphatic carbocycles. The fourth-order valence-corrected chi connectivity index (χ4v) is 11.0. The minimum atomic E-state index is -0.650. The van der Waals surface area contributed by atoms with Crippen LogP contribution >= 0.6 is 0 Å². The van der Waals surface area contributed by atoms with Crippen molar-refractivity contribution in [2.45, 2.75) is 26.2 Å². The second kappa shape index (κ2) is 15.4. The fraction of sp³-hybridized carbons (Fsp3) is 0.0625. The quantitative estimate of drug-likeness (QED) is 0.0673. The summed E-state index contributed by atoms with van der Waals surface area (Å²) in [6.07, 6.45) is 1.42. The van der Waals surface area contributed by atoms with Crippen molar-refractivity contribution in [2.75, 3.05) is 0 Å². The first kappa shape index (κ1) is 41.6. The van der Waals surface area contributed by atoms with Crippen molar-refractivity contribution in [3.63, 3.8) is 0 Å². The summed E-state index contributed by atoms with van der Waals surface area (Å²) < 4.78 is 0. The number of phenolic OH excluding ortho intramolecular Hbond substituents is 5. The Balaban J connectivity index is 1.17. The van der Waals surface area contributed by atoms with Crippen LogP contribution in [-0.2, 0) is 5.41 Å². The Kier molecular flexibility index (Phi) is 9.27. The van der Waals surface area contributed by atoms with Gasteiger partial charge in [0.15, 0.2) is 11.5 Å². The first-order chi connectivity index (χ1) is 33.4. The van der Waals surface area contributed by atoms with Gasteiger partial charge in [-0.2, -0.15) is 0 Å². The fourth-order valence-electron chi connectivity index (χ4n) is 11.0. The molecule has 12 rings (SSSR count). The standard InChI is InChI=1S/C64H46O5/c1-5-42-55-58(61(67)56(59(42)65)53-46-23-13-10-20-43(46)51(44-21-11-14-24-47(44)53)39-28-26-35-16-6-8-18-37(35)32-39)63(69)62(68)57(60(55)66)54-48-25-15-12-22-45(48)52(40-29-27-36-17-7-9-19-38(36)33-40)50-34-41(64(2,3)4)30-31-49(50)54/h5-34,65-69H,1H2,2-4H3. The van der Waals surface area contributed by atoms with Crippen LogP contribution in [0.1, 0.15) is 31.9 Å². The van der Waals surface area contributed by atoms with E-state index in [9.17, 15) is 25.5 Å². The van der Waals surface area contributed by atoms with Crippen LogP contribution in [0.4, 0.5) is 0 Å². The van der Waals surface area contributed by atoms with E-state index >= 15 is 0 Å². The van der Waals surface area contributed by atoms with Crippen LogP contribution in [0.15, 0.2) is 183 Å². The number of benzene rings is 12. The lowest BCUT2D eigenvalue weighted by Crippen LogP contribution is -2.10. The summed E-state index contributed by atoms with van der Waals surface area (Å²) in [5.74, 6) is -2.55. The summed E-state index contributed by atoms with van der Waals surface area (Å²) in [5, 5.41) is 73.9. The van der Waals surface area contributed by atoms with E-state index in [1.54, 1.807) is 0 Å². The molecule has 5 heteroatoms. The van der Waals surface area contributed by atoms with Crippen LogP contribution in [0.3, 0.4) is 0 Å². The summed E-state index contributed by atoms with van der Waals surface area (Å²) in [6.45, 7) is 10.6. The molecule has 0 saturated heterocycles. The van der Waals surface area contributed by atoms with E-state index in [0.717, 1.165) is 92.5 Å². The lowest BCUT2D eigenvalue weighted by atomic mass is 9.80. The molecule has 69 heavy (non-hydrogen) atoms. The number of aromatic hydroxyl groups is 5. The van der Waals surface area contributed by atoms with Gasteiger partial charge in [-0.3, -0.25) is 0 Å². The molecule has 0 aliphatic heterocycles. The lowest BCUT2D eigenvalue weighted by Gasteiger charge is -2.25. The van der Waals surface area contributed by atoms with E-state index in [4.69, 9.17) is 0 Å². The highest BCUT2D eigenvalue weighted by molar-refractivity contribution is 6.27.